The SMILES string of the molecule is COc1cccc(NC(=O)COC2(CN)CCC(C)C2)c1. The number of amides is 1. The summed E-state index contributed by atoms with van der Waals surface area (Å²) in [5.41, 5.74) is 6.20. The number of benzene rings is 1. The molecule has 0 spiro atoms. The zero-order valence-electron chi connectivity index (χ0n) is 12.7. The molecule has 0 radical (unpaired) electrons. The van der Waals surface area contributed by atoms with E-state index >= 15 is 0 Å². The van der Waals surface area contributed by atoms with E-state index in [0.29, 0.717) is 23.9 Å². The molecule has 0 bridgehead atoms. The highest BCUT2D eigenvalue weighted by atomic mass is 16.5. The van der Waals surface area contributed by atoms with Crippen molar-refractivity contribution in [3.05, 3.63) is 24.3 Å². The first-order valence-electron chi connectivity index (χ1n) is 7.35. The Morgan fingerprint density at radius 1 is 1.52 bits per heavy atom. The molecular formula is C16H24N2O3. The predicted molar refractivity (Wildman–Crippen MR) is 82.4 cm³/mol. The minimum Gasteiger partial charge on any atom is -0.497 e. The molecule has 1 aliphatic rings. The number of anilines is 1. The van der Waals surface area contributed by atoms with Gasteiger partial charge >= 0.3 is 0 Å². The molecule has 1 aliphatic carbocycles. The quantitative estimate of drug-likeness (QED) is 0.842. The number of hydrogen-bond acceptors (Lipinski definition) is 4. The summed E-state index contributed by atoms with van der Waals surface area (Å²) in [6.07, 6.45) is 2.96. The van der Waals surface area contributed by atoms with Crippen LogP contribution in [0.15, 0.2) is 24.3 Å². The molecule has 1 fully saturated rings. The van der Waals surface area contributed by atoms with Crippen LogP contribution in [0.4, 0.5) is 5.69 Å². The molecule has 5 nitrogen and oxygen atoms in total. The van der Waals surface area contributed by atoms with Gasteiger partial charge in [0.1, 0.15) is 12.4 Å². The molecule has 1 aromatic rings. The van der Waals surface area contributed by atoms with Crippen LogP contribution in [-0.2, 0) is 9.53 Å². The molecule has 1 aromatic carbocycles. The van der Waals surface area contributed by atoms with E-state index in [2.05, 4.69) is 12.2 Å². The minimum absolute atomic E-state index is 0.0289. The lowest BCUT2D eigenvalue weighted by molar-refractivity contribution is -0.127. The van der Waals surface area contributed by atoms with Crippen LogP contribution in [-0.4, -0.2) is 31.8 Å². The topological polar surface area (TPSA) is 73.6 Å². The summed E-state index contributed by atoms with van der Waals surface area (Å²) in [5, 5.41) is 2.81. The molecule has 0 aromatic heterocycles. The Bertz CT molecular complexity index is 492. The Hall–Kier alpha value is -1.59. The van der Waals surface area contributed by atoms with Crippen LogP contribution in [0, 0.1) is 5.92 Å². The molecule has 116 valence electrons. The van der Waals surface area contributed by atoms with Gasteiger partial charge in [-0.05, 0) is 37.3 Å². The Balaban J connectivity index is 1.87. The Morgan fingerprint density at radius 2 is 2.33 bits per heavy atom. The number of methoxy groups -OCH3 is 1. The average molecular weight is 292 g/mol. The highest BCUT2D eigenvalue weighted by molar-refractivity contribution is 5.91. The number of ether oxygens (including phenoxy) is 2. The lowest BCUT2D eigenvalue weighted by Gasteiger charge is -2.27. The second kappa shape index (κ2) is 6.91. The van der Waals surface area contributed by atoms with Crippen molar-refractivity contribution in [2.75, 3.05) is 25.6 Å². The molecule has 21 heavy (non-hydrogen) atoms. The Kier molecular flexibility index (Phi) is 5.20. The molecule has 1 amide bonds. The van der Waals surface area contributed by atoms with Gasteiger partial charge in [-0.3, -0.25) is 4.79 Å². The molecule has 2 atom stereocenters. The van der Waals surface area contributed by atoms with Crippen LogP contribution in [0.3, 0.4) is 0 Å². The van der Waals surface area contributed by atoms with Crippen molar-refractivity contribution in [2.45, 2.75) is 31.8 Å². The van der Waals surface area contributed by atoms with E-state index in [1.54, 1.807) is 13.2 Å². The summed E-state index contributed by atoms with van der Waals surface area (Å²) in [6.45, 7) is 2.68. The van der Waals surface area contributed by atoms with Crippen LogP contribution in [0.2, 0.25) is 0 Å². The lowest BCUT2D eigenvalue weighted by atomic mass is 10.0. The monoisotopic (exact) mass is 292 g/mol. The van der Waals surface area contributed by atoms with Gasteiger partial charge in [-0.25, -0.2) is 0 Å². The van der Waals surface area contributed by atoms with Crippen LogP contribution < -0.4 is 15.8 Å². The molecule has 3 N–H and O–H groups in total. The van der Waals surface area contributed by atoms with E-state index in [1.165, 1.54) is 0 Å². The van der Waals surface area contributed by atoms with Crippen LogP contribution in [0.1, 0.15) is 26.2 Å². The molecule has 2 rings (SSSR count). The highest BCUT2D eigenvalue weighted by Crippen LogP contribution is 2.36. The summed E-state index contributed by atoms with van der Waals surface area (Å²) in [7, 11) is 1.59. The fourth-order valence-corrected chi connectivity index (χ4v) is 2.84. The minimum atomic E-state index is -0.328. The number of carbonyl (C=O) groups excluding carboxylic acids is 1. The Morgan fingerprint density at radius 3 is 2.95 bits per heavy atom. The second-order valence-electron chi connectivity index (χ2n) is 5.80. The lowest BCUT2D eigenvalue weighted by Crippen LogP contribution is -2.40. The van der Waals surface area contributed by atoms with Crippen molar-refractivity contribution in [3.8, 4) is 5.75 Å². The van der Waals surface area contributed by atoms with Crippen molar-refractivity contribution < 1.29 is 14.3 Å². The van der Waals surface area contributed by atoms with E-state index in [1.807, 2.05) is 18.2 Å². The Labute approximate surface area is 125 Å². The number of nitrogens with one attached hydrogen (secondary N) is 1. The van der Waals surface area contributed by atoms with Crippen molar-refractivity contribution in [3.63, 3.8) is 0 Å². The highest BCUT2D eigenvalue weighted by Gasteiger charge is 2.37. The van der Waals surface area contributed by atoms with E-state index < -0.39 is 0 Å². The zero-order chi connectivity index (χ0) is 15.3. The molecule has 0 aliphatic heterocycles. The first-order chi connectivity index (χ1) is 10.1. The summed E-state index contributed by atoms with van der Waals surface area (Å²) in [5.74, 6) is 1.14. The van der Waals surface area contributed by atoms with Gasteiger partial charge in [0.05, 0.1) is 12.7 Å². The predicted octanol–water partition coefficient (Wildman–Crippen LogP) is 2.17. The third kappa shape index (κ3) is 4.19. The third-order valence-corrected chi connectivity index (χ3v) is 4.05. The standard InChI is InChI=1S/C16H24N2O3/c1-12-6-7-16(9-12,11-17)21-10-15(19)18-13-4-3-5-14(8-13)20-2/h3-5,8,12H,6-7,9-11,17H2,1-2H3,(H,18,19). The van der Waals surface area contributed by atoms with Gasteiger partial charge in [-0.15, -0.1) is 0 Å². The van der Waals surface area contributed by atoms with Crippen LogP contribution in [0.25, 0.3) is 0 Å². The smallest absolute Gasteiger partial charge is 0.250 e. The summed E-state index contributed by atoms with van der Waals surface area (Å²) in [4.78, 5) is 12.0. The van der Waals surface area contributed by atoms with Crippen LogP contribution in [0.5, 0.6) is 5.75 Å². The number of nitrogens with two attached hydrogens (primary N) is 1. The van der Waals surface area contributed by atoms with Gasteiger partial charge in [0.15, 0.2) is 0 Å². The molecule has 1 saturated carbocycles. The van der Waals surface area contributed by atoms with Crippen molar-refractivity contribution >= 4 is 11.6 Å². The number of hydrogen-bond donors (Lipinski definition) is 2. The molecule has 2 unspecified atom stereocenters. The number of carbonyl (C=O) groups is 1. The third-order valence-electron chi connectivity index (χ3n) is 4.05. The summed E-state index contributed by atoms with van der Waals surface area (Å²) < 4.78 is 11.0. The van der Waals surface area contributed by atoms with Crippen molar-refractivity contribution in [1.82, 2.24) is 0 Å². The second-order valence-corrected chi connectivity index (χ2v) is 5.80. The fraction of sp³-hybridized carbons (Fsp3) is 0.562. The normalized spacial score (nSPS) is 24.8. The van der Waals surface area contributed by atoms with Gasteiger partial charge in [0.2, 0.25) is 5.91 Å². The average Bonchev–Trinajstić information content (AvgIpc) is 2.87. The van der Waals surface area contributed by atoms with Gasteiger partial charge in [0, 0.05) is 18.3 Å². The van der Waals surface area contributed by atoms with E-state index in [-0.39, 0.29) is 18.1 Å². The first-order valence-corrected chi connectivity index (χ1v) is 7.35. The fourth-order valence-electron chi connectivity index (χ4n) is 2.84. The molecule has 0 saturated heterocycles. The first kappa shape index (κ1) is 15.8. The summed E-state index contributed by atoms with van der Waals surface area (Å²) in [6, 6.07) is 7.25. The van der Waals surface area contributed by atoms with Crippen molar-refractivity contribution in [2.24, 2.45) is 11.7 Å². The zero-order valence-corrected chi connectivity index (χ0v) is 12.7. The maximum Gasteiger partial charge on any atom is 0.250 e. The molecular weight excluding hydrogens is 268 g/mol. The van der Waals surface area contributed by atoms with E-state index in [0.717, 1.165) is 19.3 Å². The van der Waals surface area contributed by atoms with Crippen LogP contribution >= 0.6 is 0 Å². The van der Waals surface area contributed by atoms with Gasteiger partial charge < -0.3 is 20.5 Å². The maximum atomic E-state index is 12.0. The summed E-state index contributed by atoms with van der Waals surface area (Å²) >= 11 is 0. The van der Waals surface area contributed by atoms with Crippen molar-refractivity contribution in [1.29, 1.82) is 0 Å². The van der Waals surface area contributed by atoms with Gasteiger partial charge in [0.25, 0.3) is 0 Å². The van der Waals surface area contributed by atoms with Gasteiger partial charge in [-0.2, -0.15) is 0 Å². The molecule has 5 heteroatoms. The molecule has 0 heterocycles. The maximum absolute atomic E-state index is 12.0. The largest absolute Gasteiger partial charge is 0.497 e. The van der Waals surface area contributed by atoms with Gasteiger partial charge in [-0.1, -0.05) is 13.0 Å². The number of rotatable bonds is 6. The van der Waals surface area contributed by atoms with E-state index in [4.69, 9.17) is 15.2 Å². The van der Waals surface area contributed by atoms with E-state index in [9.17, 15) is 4.79 Å².